The molecule has 0 unspecified atom stereocenters. The van der Waals surface area contributed by atoms with Crippen LogP contribution in [0.3, 0.4) is 0 Å². The molecule has 0 amide bonds. The largest absolute Gasteiger partial charge is 0.497 e. The van der Waals surface area contributed by atoms with E-state index in [-0.39, 0.29) is 5.56 Å². The Morgan fingerprint density at radius 2 is 2.29 bits per heavy atom. The number of rotatable bonds is 4. The van der Waals surface area contributed by atoms with Crippen molar-refractivity contribution in [2.24, 2.45) is 5.92 Å². The molecule has 0 saturated heterocycles. The van der Waals surface area contributed by atoms with Crippen molar-refractivity contribution < 1.29 is 4.74 Å². The minimum atomic E-state index is -0.245. The fourth-order valence-electron chi connectivity index (χ4n) is 2.31. The van der Waals surface area contributed by atoms with Gasteiger partial charge in [0.05, 0.1) is 18.1 Å². The number of H-pyrrole nitrogens is 1. The molecule has 0 atom stereocenters. The number of methoxy groups -OCH3 is 1. The van der Waals surface area contributed by atoms with Crippen molar-refractivity contribution in [1.29, 1.82) is 0 Å². The molecular weight excluding hydrogens is 264 g/mol. The average molecular weight is 282 g/mol. The van der Waals surface area contributed by atoms with E-state index in [1.54, 1.807) is 13.2 Å². The molecule has 1 saturated carbocycles. The van der Waals surface area contributed by atoms with Gasteiger partial charge >= 0.3 is 0 Å². The third-order valence-electron chi connectivity index (χ3n) is 3.72. The van der Waals surface area contributed by atoms with E-state index in [1.165, 1.54) is 19.3 Å². The Labute approximate surface area is 123 Å². The topological polar surface area (TPSA) is 55.0 Å². The summed E-state index contributed by atoms with van der Waals surface area (Å²) in [6.07, 6.45) is 5.96. The van der Waals surface area contributed by atoms with E-state index in [2.05, 4.69) is 21.8 Å². The molecule has 0 spiro atoms. The summed E-state index contributed by atoms with van der Waals surface area (Å²) in [7, 11) is 1.59. The molecule has 2 aromatic rings. The lowest BCUT2D eigenvalue weighted by Crippen LogP contribution is -2.12. The number of nitrogens with one attached hydrogen (secondary N) is 1. The summed E-state index contributed by atoms with van der Waals surface area (Å²) in [5.41, 5.74) is 1.43. The van der Waals surface area contributed by atoms with Gasteiger partial charge in [-0.3, -0.25) is 4.79 Å². The number of benzene rings is 1. The fraction of sp³-hybridized carbons (Fsp3) is 0.412. The molecule has 0 radical (unpaired) electrons. The van der Waals surface area contributed by atoms with Crippen LogP contribution in [-0.4, -0.2) is 17.1 Å². The highest BCUT2D eigenvalue weighted by atomic mass is 16.5. The first-order chi connectivity index (χ1) is 10.3. The fourth-order valence-corrected chi connectivity index (χ4v) is 2.31. The lowest BCUT2D eigenvalue weighted by Gasteiger charge is -2.01. The Bertz CT molecular complexity index is 764. The summed E-state index contributed by atoms with van der Waals surface area (Å²) in [4.78, 5) is 19.1. The van der Waals surface area contributed by atoms with Gasteiger partial charge in [0.2, 0.25) is 0 Å². The van der Waals surface area contributed by atoms with E-state index in [0.29, 0.717) is 17.0 Å². The van der Waals surface area contributed by atoms with Crippen LogP contribution in [0.2, 0.25) is 0 Å². The van der Waals surface area contributed by atoms with Gasteiger partial charge in [0.25, 0.3) is 5.56 Å². The lowest BCUT2D eigenvalue weighted by molar-refractivity contribution is 0.415. The highest BCUT2D eigenvalue weighted by Crippen LogP contribution is 2.33. The van der Waals surface area contributed by atoms with Gasteiger partial charge in [0, 0.05) is 12.5 Å². The molecule has 21 heavy (non-hydrogen) atoms. The summed E-state index contributed by atoms with van der Waals surface area (Å²) in [6, 6.07) is 5.40. The summed E-state index contributed by atoms with van der Waals surface area (Å²) in [6.45, 7) is 0. The third-order valence-corrected chi connectivity index (χ3v) is 3.72. The standard InChI is InChI=1S/C17H18N2O2/c1-21-13-9-10-14-16(11-13)19-17(20)15(18-14)6-4-2-3-5-12-7-8-12/h9-12H,2-3,5,7-8H2,1H3,(H,19,20). The molecule has 3 rings (SSSR count). The molecule has 1 N–H and O–H groups in total. The number of nitrogens with zero attached hydrogens (tertiary/aromatic N) is 1. The summed E-state index contributed by atoms with van der Waals surface area (Å²) in [5.74, 6) is 7.58. The molecule has 1 aromatic heterocycles. The molecule has 1 aliphatic rings. The van der Waals surface area contributed by atoms with E-state index in [4.69, 9.17) is 4.74 Å². The van der Waals surface area contributed by atoms with Crippen molar-refractivity contribution in [2.75, 3.05) is 7.11 Å². The molecule has 4 nitrogen and oxygen atoms in total. The number of aromatic amines is 1. The normalized spacial score (nSPS) is 13.8. The molecule has 0 aliphatic heterocycles. The predicted molar refractivity (Wildman–Crippen MR) is 82.4 cm³/mol. The first kappa shape index (κ1) is 13.7. The Kier molecular flexibility index (Phi) is 3.92. The van der Waals surface area contributed by atoms with Gasteiger partial charge in [0.15, 0.2) is 5.69 Å². The second-order valence-corrected chi connectivity index (χ2v) is 5.43. The molecular formula is C17H18N2O2. The molecule has 0 bridgehead atoms. The van der Waals surface area contributed by atoms with E-state index >= 15 is 0 Å². The van der Waals surface area contributed by atoms with E-state index in [9.17, 15) is 4.79 Å². The summed E-state index contributed by atoms with van der Waals surface area (Å²) >= 11 is 0. The van der Waals surface area contributed by atoms with Crippen molar-refractivity contribution in [3.8, 4) is 17.6 Å². The van der Waals surface area contributed by atoms with Gasteiger partial charge in [0.1, 0.15) is 5.75 Å². The zero-order valence-corrected chi connectivity index (χ0v) is 12.1. The Balaban J connectivity index is 1.76. The number of aromatic nitrogens is 2. The minimum Gasteiger partial charge on any atom is -0.497 e. The van der Waals surface area contributed by atoms with Crippen LogP contribution >= 0.6 is 0 Å². The monoisotopic (exact) mass is 282 g/mol. The Morgan fingerprint density at radius 1 is 1.43 bits per heavy atom. The number of ether oxygens (including phenoxy) is 1. The van der Waals surface area contributed by atoms with E-state index in [1.807, 2.05) is 12.1 Å². The highest BCUT2D eigenvalue weighted by molar-refractivity contribution is 5.76. The predicted octanol–water partition coefficient (Wildman–Crippen LogP) is 2.86. The van der Waals surface area contributed by atoms with Crippen LogP contribution in [0.15, 0.2) is 23.0 Å². The maximum absolute atomic E-state index is 12.0. The van der Waals surface area contributed by atoms with Crippen LogP contribution in [-0.2, 0) is 0 Å². The van der Waals surface area contributed by atoms with Crippen LogP contribution in [0.4, 0.5) is 0 Å². The van der Waals surface area contributed by atoms with Gasteiger partial charge < -0.3 is 9.72 Å². The number of unbranched alkanes of at least 4 members (excludes halogenated alkanes) is 1. The van der Waals surface area contributed by atoms with Gasteiger partial charge in [-0.25, -0.2) is 4.98 Å². The average Bonchev–Trinajstić information content (AvgIpc) is 3.31. The molecule has 1 heterocycles. The van der Waals surface area contributed by atoms with E-state index < -0.39 is 0 Å². The van der Waals surface area contributed by atoms with Crippen molar-refractivity contribution in [3.63, 3.8) is 0 Å². The zero-order chi connectivity index (χ0) is 14.7. The van der Waals surface area contributed by atoms with Crippen LogP contribution < -0.4 is 10.3 Å². The van der Waals surface area contributed by atoms with Gasteiger partial charge in [-0.2, -0.15) is 0 Å². The third kappa shape index (κ3) is 3.43. The minimum absolute atomic E-state index is 0.245. The van der Waals surface area contributed by atoms with Crippen molar-refractivity contribution >= 4 is 11.0 Å². The highest BCUT2D eigenvalue weighted by Gasteiger charge is 2.19. The smallest absolute Gasteiger partial charge is 0.283 e. The second kappa shape index (κ2) is 6.01. The maximum atomic E-state index is 12.0. The van der Waals surface area contributed by atoms with Gasteiger partial charge in [-0.1, -0.05) is 18.8 Å². The van der Waals surface area contributed by atoms with Gasteiger partial charge in [-0.15, -0.1) is 0 Å². The first-order valence-electron chi connectivity index (χ1n) is 7.33. The van der Waals surface area contributed by atoms with Crippen LogP contribution in [0.25, 0.3) is 11.0 Å². The number of hydrogen-bond donors (Lipinski definition) is 1. The van der Waals surface area contributed by atoms with Crippen molar-refractivity contribution in [3.05, 3.63) is 34.2 Å². The number of hydrogen-bond acceptors (Lipinski definition) is 3. The lowest BCUT2D eigenvalue weighted by atomic mass is 10.2. The van der Waals surface area contributed by atoms with Gasteiger partial charge in [-0.05, 0) is 36.8 Å². The Hall–Kier alpha value is -2.28. The first-order valence-corrected chi connectivity index (χ1v) is 7.33. The summed E-state index contributed by atoms with van der Waals surface area (Å²) in [5, 5.41) is 0. The summed E-state index contributed by atoms with van der Waals surface area (Å²) < 4.78 is 5.13. The quantitative estimate of drug-likeness (QED) is 0.693. The molecule has 1 fully saturated rings. The van der Waals surface area contributed by atoms with Crippen LogP contribution in [0.5, 0.6) is 5.75 Å². The number of fused-ring (bicyclic) bond motifs is 1. The molecule has 1 aliphatic carbocycles. The van der Waals surface area contributed by atoms with Crippen molar-refractivity contribution in [2.45, 2.75) is 32.1 Å². The molecule has 108 valence electrons. The zero-order valence-electron chi connectivity index (χ0n) is 12.1. The molecule has 1 aromatic carbocycles. The van der Waals surface area contributed by atoms with Crippen molar-refractivity contribution in [1.82, 2.24) is 9.97 Å². The maximum Gasteiger partial charge on any atom is 0.283 e. The van der Waals surface area contributed by atoms with Crippen LogP contribution in [0, 0.1) is 17.8 Å². The van der Waals surface area contributed by atoms with Crippen LogP contribution in [0.1, 0.15) is 37.8 Å². The SMILES string of the molecule is COc1ccc2nc(C#CCCCC3CC3)c(=O)[nH]c2c1. The Morgan fingerprint density at radius 3 is 3.05 bits per heavy atom. The second-order valence-electron chi connectivity index (χ2n) is 5.43. The molecule has 4 heteroatoms. The van der Waals surface area contributed by atoms with E-state index in [0.717, 1.165) is 24.3 Å².